The van der Waals surface area contributed by atoms with E-state index < -0.39 is 0 Å². The Balaban J connectivity index is 0.00000120. The van der Waals surface area contributed by atoms with Gasteiger partial charge >= 0.3 is 0 Å². The smallest absolute Gasteiger partial charge is 0.161 e. The van der Waals surface area contributed by atoms with E-state index in [-0.39, 0.29) is 18.5 Å². The Morgan fingerprint density at radius 2 is 1.83 bits per heavy atom. The Kier molecular flexibility index (Phi) is 4.00. The molecule has 1 N–H and O–H groups in total. The van der Waals surface area contributed by atoms with Gasteiger partial charge in [-0.2, -0.15) is 0 Å². The van der Waals surface area contributed by atoms with Crippen molar-refractivity contribution in [2.24, 2.45) is 0 Å². The maximum absolute atomic E-state index is 6.13. The number of benzene rings is 2. The molecule has 18 heavy (non-hydrogen) atoms. The Morgan fingerprint density at radius 1 is 1.06 bits per heavy atom. The largest absolute Gasteiger partial charge is 0.480 e. The Labute approximate surface area is 117 Å². The zero-order valence-electron chi connectivity index (χ0n) is 9.60. The third-order valence-electron chi connectivity index (χ3n) is 2.88. The van der Waals surface area contributed by atoms with Crippen LogP contribution in [0.4, 0.5) is 5.69 Å². The number of halogens is 2. The molecule has 2 nitrogen and oxygen atoms in total. The molecule has 1 atom stereocenters. The van der Waals surface area contributed by atoms with Gasteiger partial charge in [0.25, 0.3) is 0 Å². The van der Waals surface area contributed by atoms with Crippen LogP contribution in [0.15, 0.2) is 48.5 Å². The van der Waals surface area contributed by atoms with E-state index in [4.69, 9.17) is 16.3 Å². The highest BCUT2D eigenvalue weighted by atomic mass is 35.5. The van der Waals surface area contributed by atoms with Crippen LogP contribution < -0.4 is 10.1 Å². The van der Waals surface area contributed by atoms with Gasteiger partial charge in [-0.3, -0.25) is 0 Å². The molecule has 0 radical (unpaired) electrons. The molecule has 1 unspecified atom stereocenters. The first-order valence-corrected chi connectivity index (χ1v) is 5.96. The quantitative estimate of drug-likeness (QED) is 0.841. The lowest BCUT2D eigenvalue weighted by molar-refractivity contribution is 0.210. The summed E-state index contributed by atoms with van der Waals surface area (Å²) in [5.74, 6) is 0.745. The van der Waals surface area contributed by atoms with Gasteiger partial charge in [0.2, 0.25) is 0 Å². The molecule has 94 valence electrons. The minimum absolute atomic E-state index is 0. The van der Waals surface area contributed by atoms with Crippen molar-refractivity contribution >= 4 is 29.7 Å². The maximum Gasteiger partial charge on any atom is 0.161 e. The molecule has 0 spiro atoms. The van der Waals surface area contributed by atoms with Gasteiger partial charge in [0, 0.05) is 0 Å². The van der Waals surface area contributed by atoms with Crippen molar-refractivity contribution in [1.82, 2.24) is 0 Å². The third-order valence-corrected chi connectivity index (χ3v) is 3.17. The van der Waals surface area contributed by atoms with Gasteiger partial charge in [0.1, 0.15) is 6.10 Å². The molecule has 0 saturated heterocycles. The summed E-state index contributed by atoms with van der Waals surface area (Å²) in [4.78, 5) is 0. The normalized spacial score (nSPS) is 16.8. The van der Waals surface area contributed by atoms with Crippen LogP contribution in [-0.4, -0.2) is 6.54 Å². The van der Waals surface area contributed by atoms with E-state index in [1.54, 1.807) is 0 Å². The van der Waals surface area contributed by atoms with Crippen molar-refractivity contribution < 1.29 is 4.74 Å². The summed E-state index contributed by atoms with van der Waals surface area (Å²) in [7, 11) is 0. The van der Waals surface area contributed by atoms with Gasteiger partial charge in [-0.1, -0.05) is 48.0 Å². The van der Waals surface area contributed by atoms with Crippen molar-refractivity contribution in [3.8, 4) is 5.75 Å². The fraction of sp³-hybridized carbons (Fsp3) is 0.143. The van der Waals surface area contributed by atoms with Crippen LogP contribution in [-0.2, 0) is 0 Å². The molecule has 0 bridgehead atoms. The van der Waals surface area contributed by atoms with Crippen molar-refractivity contribution in [2.75, 3.05) is 11.9 Å². The van der Waals surface area contributed by atoms with E-state index in [0.29, 0.717) is 5.02 Å². The summed E-state index contributed by atoms with van der Waals surface area (Å²) in [6.45, 7) is 0.761. The van der Waals surface area contributed by atoms with E-state index in [1.165, 1.54) is 0 Å². The first kappa shape index (κ1) is 13.1. The van der Waals surface area contributed by atoms with E-state index in [1.807, 2.05) is 36.4 Å². The fourth-order valence-corrected chi connectivity index (χ4v) is 2.23. The van der Waals surface area contributed by atoms with E-state index in [0.717, 1.165) is 23.5 Å². The average Bonchev–Trinajstić information content (AvgIpc) is 2.40. The first-order valence-electron chi connectivity index (χ1n) is 5.58. The molecule has 0 amide bonds. The van der Waals surface area contributed by atoms with Crippen molar-refractivity contribution in [2.45, 2.75) is 6.10 Å². The van der Waals surface area contributed by atoms with Crippen molar-refractivity contribution in [3.05, 3.63) is 59.1 Å². The predicted octanol–water partition coefficient (Wildman–Crippen LogP) is 4.31. The van der Waals surface area contributed by atoms with E-state index >= 15 is 0 Å². The van der Waals surface area contributed by atoms with Crippen LogP contribution in [0.5, 0.6) is 5.75 Å². The number of hydrogen-bond donors (Lipinski definition) is 1. The summed E-state index contributed by atoms with van der Waals surface area (Å²) in [6, 6.07) is 15.9. The second-order valence-corrected chi connectivity index (χ2v) is 4.42. The van der Waals surface area contributed by atoms with Crippen LogP contribution in [0.25, 0.3) is 0 Å². The summed E-state index contributed by atoms with van der Waals surface area (Å²) < 4.78 is 5.95. The highest BCUT2D eigenvalue weighted by Gasteiger charge is 2.22. The lowest BCUT2D eigenvalue weighted by Crippen LogP contribution is -2.23. The number of anilines is 1. The number of para-hydroxylation sites is 1. The molecule has 0 aromatic heterocycles. The first-order chi connectivity index (χ1) is 8.34. The Bertz CT molecular complexity index is 531. The maximum atomic E-state index is 6.13. The van der Waals surface area contributed by atoms with Crippen LogP contribution in [0.3, 0.4) is 0 Å². The number of nitrogens with one attached hydrogen (secondary N) is 1. The molecule has 2 aromatic carbocycles. The van der Waals surface area contributed by atoms with E-state index in [2.05, 4.69) is 17.4 Å². The summed E-state index contributed by atoms with van der Waals surface area (Å²) in [5, 5.41) is 3.99. The molecule has 1 aliphatic rings. The molecule has 4 heteroatoms. The lowest BCUT2D eigenvalue weighted by Gasteiger charge is -2.28. The van der Waals surface area contributed by atoms with Crippen LogP contribution in [0.1, 0.15) is 11.7 Å². The monoisotopic (exact) mass is 281 g/mol. The SMILES string of the molecule is Cl.Clc1cccc2c1OC(c1ccccc1)CN2. The van der Waals surface area contributed by atoms with Crippen LogP contribution in [0, 0.1) is 0 Å². The van der Waals surface area contributed by atoms with Gasteiger partial charge < -0.3 is 10.1 Å². The Morgan fingerprint density at radius 3 is 2.61 bits per heavy atom. The zero-order valence-corrected chi connectivity index (χ0v) is 11.2. The molecule has 0 aliphatic carbocycles. The molecular formula is C14H13Cl2NO. The molecule has 3 rings (SSSR count). The van der Waals surface area contributed by atoms with Crippen molar-refractivity contribution in [3.63, 3.8) is 0 Å². The molecule has 1 aliphatic heterocycles. The Hall–Kier alpha value is -1.38. The van der Waals surface area contributed by atoms with Gasteiger partial charge in [-0.15, -0.1) is 12.4 Å². The zero-order chi connectivity index (χ0) is 11.7. The number of ether oxygens (including phenoxy) is 1. The summed E-state index contributed by atoms with van der Waals surface area (Å²) >= 11 is 6.13. The van der Waals surface area contributed by atoms with E-state index in [9.17, 15) is 0 Å². The second-order valence-electron chi connectivity index (χ2n) is 4.01. The number of fused-ring (bicyclic) bond motifs is 1. The van der Waals surface area contributed by atoms with Crippen LogP contribution in [0.2, 0.25) is 5.02 Å². The molecule has 0 saturated carbocycles. The topological polar surface area (TPSA) is 21.3 Å². The molecule has 1 heterocycles. The average molecular weight is 282 g/mol. The highest BCUT2D eigenvalue weighted by Crippen LogP contribution is 2.39. The lowest BCUT2D eigenvalue weighted by atomic mass is 10.1. The molecule has 0 fully saturated rings. The molecular weight excluding hydrogens is 269 g/mol. The van der Waals surface area contributed by atoms with Gasteiger partial charge in [0.15, 0.2) is 5.75 Å². The third kappa shape index (κ3) is 2.40. The van der Waals surface area contributed by atoms with Crippen molar-refractivity contribution in [1.29, 1.82) is 0 Å². The highest BCUT2D eigenvalue weighted by molar-refractivity contribution is 6.32. The number of hydrogen-bond acceptors (Lipinski definition) is 2. The predicted molar refractivity (Wildman–Crippen MR) is 77.0 cm³/mol. The standard InChI is InChI=1S/C14H12ClNO.ClH/c15-11-7-4-8-12-14(11)17-13(9-16-12)10-5-2-1-3-6-10;/h1-8,13,16H,9H2;1H. The summed E-state index contributed by atoms with van der Waals surface area (Å²) in [6.07, 6.45) is 0.0172. The molecule has 2 aromatic rings. The van der Waals surface area contributed by atoms with Gasteiger partial charge in [-0.05, 0) is 17.7 Å². The van der Waals surface area contributed by atoms with Gasteiger partial charge in [-0.25, -0.2) is 0 Å². The minimum Gasteiger partial charge on any atom is -0.480 e. The number of rotatable bonds is 1. The van der Waals surface area contributed by atoms with Crippen LogP contribution >= 0.6 is 24.0 Å². The second kappa shape index (κ2) is 5.51. The minimum atomic E-state index is 0. The fourth-order valence-electron chi connectivity index (χ4n) is 2.01. The summed E-state index contributed by atoms with van der Waals surface area (Å²) in [5.41, 5.74) is 2.12. The van der Waals surface area contributed by atoms with Gasteiger partial charge in [0.05, 0.1) is 17.3 Å².